The highest BCUT2D eigenvalue weighted by Crippen LogP contribution is 2.52. The van der Waals surface area contributed by atoms with E-state index < -0.39 is 5.41 Å². The quantitative estimate of drug-likeness (QED) is 0.713. The summed E-state index contributed by atoms with van der Waals surface area (Å²) in [6.07, 6.45) is 9.45. The summed E-state index contributed by atoms with van der Waals surface area (Å²) in [5.74, 6) is 0.261. The molecule has 4 heterocycles. The predicted octanol–water partition coefficient (Wildman–Crippen LogP) is 3.65. The van der Waals surface area contributed by atoms with Crippen molar-refractivity contribution in [2.75, 3.05) is 31.2 Å². The summed E-state index contributed by atoms with van der Waals surface area (Å²) in [6, 6.07) is 2.39. The molecule has 1 saturated carbocycles. The monoisotopic (exact) mass is 433 g/mol. The van der Waals surface area contributed by atoms with Gasteiger partial charge in [-0.3, -0.25) is 14.7 Å². The Kier molecular flexibility index (Phi) is 4.37. The molecule has 0 N–H and O–H groups in total. The molecule has 1 spiro atoms. The van der Waals surface area contributed by atoms with Crippen LogP contribution in [0.25, 0.3) is 0 Å². The van der Waals surface area contributed by atoms with Crippen LogP contribution < -0.4 is 4.90 Å². The van der Waals surface area contributed by atoms with Gasteiger partial charge in [0.2, 0.25) is 5.91 Å². The molecule has 2 saturated heterocycles. The molecule has 1 amide bonds. The van der Waals surface area contributed by atoms with Gasteiger partial charge in [-0.1, -0.05) is 6.42 Å². The number of nitrogens with zero attached hydrogens (tertiary/aromatic N) is 3. The Balaban J connectivity index is 1.44. The molecule has 1 aromatic rings. The summed E-state index contributed by atoms with van der Waals surface area (Å²) in [5, 5.41) is 0. The number of likely N-dealkylation sites (tertiary alicyclic amines) is 1. The highest BCUT2D eigenvalue weighted by atomic mass is 79.9. The number of hydrogen-bond acceptors (Lipinski definition) is 4. The molecule has 6 heteroatoms. The van der Waals surface area contributed by atoms with E-state index in [0.29, 0.717) is 19.3 Å². The van der Waals surface area contributed by atoms with E-state index in [9.17, 15) is 4.79 Å². The van der Waals surface area contributed by atoms with Gasteiger partial charge < -0.3 is 9.64 Å². The lowest BCUT2D eigenvalue weighted by Crippen LogP contribution is -2.64. The number of hydrogen-bond donors (Lipinski definition) is 0. The van der Waals surface area contributed by atoms with Gasteiger partial charge in [0.1, 0.15) is 0 Å². The summed E-state index contributed by atoms with van der Waals surface area (Å²) >= 11 is 3.57. The number of carbonyl (C=O) groups excluding carboxylic acids is 1. The molecule has 0 aromatic carbocycles. The van der Waals surface area contributed by atoms with E-state index in [4.69, 9.17) is 9.72 Å². The molecule has 4 aliphatic rings. The zero-order valence-electron chi connectivity index (χ0n) is 16.0. The van der Waals surface area contributed by atoms with Gasteiger partial charge in [-0.15, -0.1) is 0 Å². The van der Waals surface area contributed by atoms with Crippen molar-refractivity contribution in [2.45, 2.75) is 68.9 Å². The average Bonchev–Trinajstić information content (AvgIpc) is 2.88. The van der Waals surface area contributed by atoms with Crippen LogP contribution in [0.5, 0.6) is 0 Å². The lowest BCUT2D eigenvalue weighted by Gasteiger charge is -2.56. The maximum atomic E-state index is 13.7. The summed E-state index contributed by atoms with van der Waals surface area (Å²) in [7, 11) is 0. The van der Waals surface area contributed by atoms with Crippen LogP contribution in [-0.2, 0) is 14.9 Å². The van der Waals surface area contributed by atoms with Crippen molar-refractivity contribution in [1.29, 1.82) is 0 Å². The summed E-state index contributed by atoms with van der Waals surface area (Å²) in [6.45, 7) is 6.10. The maximum Gasteiger partial charge on any atom is 0.239 e. The lowest BCUT2D eigenvalue weighted by molar-refractivity contribution is -0.128. The first-order valence-electron chi connectivity index (χ1n) is 10.4. The van der Waals surface area contributed by atoms with Gasteiger partial charge in [0.05, 0.1) is 16.8 Å². The fourth-order valence-electron chi connectivity index (χ4n) is 5.79. The number of pyridine rings is 1. The molecule has 1 aliphatic carbocycles. The summed E-state index contributed by atoms with van der Waals surface area (Å²) in [4.78, 5) is 23.2. The van der Waals surface area contributed by atoms with Gasteiger partial charge in [0.15, 0.2) is 0 Å². The third-order valence-electron chi connectivity index (χ3n) is 7.36. The van der Waals surface area contributed by atoms with Crippen molar-refractivity contribution in [3.63, 3.8) is 0 Å². The molecule has 3 aliphatic heterocycles. The zero-order valence-corrected chi connectivity index (χ0v) is 17.6. The van der Waals surface area contributed by atoms with E-state index in [0.717, 1.165) is 41.5 Å². The number of carbonyl (C=O) groups is 1. The highest BCUT2D eigenvalue weighted by Gasteiger charge is 2.58. The molecular weight excluding hydrogens is 406 g/mol. The number of amides is 1. The summed E-state index contributed by atoms with van der Waals surface area (Å²) < 4.78 is 6.52. The maximum absolute atomic E-state index is 13.7. The van der Waals surface area contributed by atoms with Gasteiger partial charge in [-0.2, -0.15) is 0 Å². The van der Waals surface area contributed by atoms with Gasteiger partial charge in [0.25, 0.3) is 0 Å². The minimum absolute atomic E-state index is 0.246. The van der Waals surface area contributed by atoms with E-state index in [2.05, 4.69) is 38.7 Å². The Labute approximate surface area is 169 Å². The molecule has 0 atom stereocenters. The summed E-state index contributed by atoms with van der Waals surface area (Å²) in [5.41, 5.74) is 1.79. The van der Waals surface area contributed by atoms with E-state index in [-0.39, 0.29) is 11.4 Å². The molecule has 0 radical (unpaired) electrons. The topological polar surface area (TPSA) is 45.7 Å². The normalized spacial score (nSPS) is 33.2. The Morgan fingerprint density at radius 3 is 2.59 bits per heavy atom. The molecular formula is C21H28BrN3O2. The number of anilines is 1. The molecule has 0 unspecified atom stereocenters. The van der Waals surface area contributed by atoms with Crippen LogP contribution in [0.1, 0.15) is 57.6 Å². The molecule has 5 rings (SSSR count). The average molecular weight is 434 g/mol. The van der Waals surface area contributed by atoms with Crippen molar-refractivity contribution in [2.24, 2.45) is 0 Å². The number of ether oxygens (including phenoxy) is 1. The minimum atomic E-state index is -0.467. The van der Waals surface area contributed by atoms with E-state index in [1.165, 1.54) is 32.4 Å². The Bertz CT molecular complexity index is 750. The predicted molar refractivity (Wildman–Crippen MR) is 108 cm³/mol. The highest BCUT2D eigenvalue weighted by molar-refractivity contribution is 9.10. The van der Waals surface area contributed by atoms with Crippen LogP contribution in [0.4, 0.5) is 5.69 Å². The van der Waals surface area contributed by atoms with E-state index >= 15 is 0 Å². The van der Waals surface area contributed by atoms with Crippen molar-refractivity contribution in [1.82, 2.24) is 9.88 Å². The third-order valence-corrected chi connectivity index (χ3v) is 7.79. The Morgan fingerprint density at radius 1 is 1.19 bits per heavy atom. The number of fused-ring (bicyclic) bond motifs is 2. The van der Waals surface area contributed by atoms with Crippen molar-refractivity contribution < 1.29 is 9.53 Å². The second-order valence-corrected chi connectivity index (χ2v) is 9.91. The Morgan fingerprint density at radius 2 is 1.89 bits per heavy atom. The molecule has 3 fully saturated rings. The second-order valence-electron chi connectivity index (χ2n) is 9.00. The minimum Gasteiger partial charge on any atom is -0.381 e. The van der Waals surface area contributed by atoms with Crippen LogP contribution in [0.3, 0.4) is 0 Å². The molecule has 0 bridgehead atoms. The van der Waals surface area contributed by atoms with Gasteiger partial charge in [-0.05, 0) is 80.5 Å². The number of aromatic nitrogens is 1. The molecule has 1 aromatic heterocycles. The standard InChI is InChI=1S/C21H28BrN3O2/c1-20(24-7-3-2-4-8-24)12-16(13-20)25-17-11-15(22)14-23-18(17)21(19(25)26)5-9-27-10-6-21/h11,14,16H,2-10,12-13H2,1H3. The van der Waals surface area contributed by atoms with Gasteiger partial charge >= 0.3 is 0 Å². The first kappa shape index (κ1) is 18.1. The fourth-order valence-corrected chi connectivity index (χ4v) is 6.10. The van der Waals surface area contributed by atoms with Crippen molar-refractivity contribution in [3.8, 4) is 0 Å². The largest absolute Gasteiger partial charge is 0.381 e. The van der Waals surface area contributed by atoms with Crippen LogP contribution in [0.15, 0.2) is 16.7 Å². The number of rotatable bonds is 2. The lowest BCUT2D eigenvalue weighted by atomic mass is 9.71. The molecule has 27 heavy (non-hydrogen) atoms. The van der Waals surface area contributed by atoms with E-state index in [1.807, 2.05) is 6.20 Å². The van der Waals surface area contributed by atoms with Crippen molar-refractivity contribution in [3.05, 3.63) is 22.4 Å². The zero-order chi connectivity index (χ0) is 18.6. The fraction of sp³-hybridized carbons (Fsp3) is 0.714. The van der Waals surface area contributed by atoms with Gasteiger partial charge in [0, 0.05) is 35.5 Å². The van der Waals surface area contributed by atoms with Crippen molar-refractivity contribution >= 4 is 27.5 Å². The van der Waals surface area contributed by atoms with E-state index in [1.54, 1.807) is 0 Å². The van der Waals surface area contributed by atoms with Crippen LogP contribution in [0.2, 0.25) is 0 Å². The first-order chi connectivity index (χ1) is 13.0. The molecule has 5 nitrogen and oxygen atoms in total. The van der Waals surface area contributed by atoms with Crippen LogP contribution >= 0.6 is 15.9 Å². The molecule has 146 valence electrons. The smallest absolute Gasteiger partial charge is 0.239 e. The SMILES string of the molecule is CC1(N2CCCCC2)CC(N2C(=O)C3(CCOCC3)c3ncc(Br)cc32)C1. The Hall–Kier alpha value is -0.980. The first-order valence-corrected chi connectivity index (χ1v) is 11.2. The van der Waals surface area contributed by atoms with Gasteiger partial charge in [-0.25, -0.2) is 0 Å². The third kappa shape index (κ3) is 2.70. The van der Waals surface area contributed by atoms with Crippen LogP contribution in [0, 0.1) is 0 Å². The second kappa shape index (κ2) is 6.53. The number of halogens is 1. The number of piperidine rings is 1. The van der Waals surface area contributed by atoms with Crippen LogP contribution in [-0.4, -0.2) is 53.7 Å².